The molecule has 0 atom stereocenters. The van der Waals surface area contributed by atoms with Crippen LogP contribution >= 0.6 is 0 Å². The summed E-state index contributed by atoms with van der Waals surface area (Å²) >= 11 is 0. The summed E-state index contributed by atoms with van der Waals surface area (Å²) in [6, 6.07) is 1.70. The highest BCUT2D eigenvalue weighted by molar-refractivity contribution is 5.42. The molecule has 0 amide bonds. The highest BCUT2D eigenvalue weighted by Gasteiger charge is 2.05. The van der Waals surface area contributed by atoms with Crippen LogP contribution in [0.1, 0.15) is 19.0 Å². The van der Waals surface area contributed by atoms with Crippen LogP contribution in [-0.4, -0.2) is 30.7 Å². The zero-order valence-electron chi connectivity index (χ0n) is 11.7. The molecule has 108 valence electrons. The molecule has 7 nitrogen and oxygen atoms in total. The molecule has 0 spiro atoms. The maximum absolute atomic E-state index is 12.2. The van der Waals surface area contributed by atoms with Gasteiger partial charge in [0.1, 0.15) is 11.3 Å². The van der Waals surface area contributed by atoms with Crippen LogP contribution in [0.15, 0.2) is 41.8 Å². The Balaban J connectivity index is 1.81. The molecule has 0 radical (unpaired) electrons. The molecular formula is C14H16N6O. The molecule has 0 aliphatic rings. The lowest BCUT2D eigenvalue weighted by Gasteiger charge is -2.07. The third-order valence-electron chi connectivity index (χ3n) is 3.13. The third-order valence-corrected chi connectivity index (χ3v) is 3.13. The summed E-state index contributed by atoms with van der Waals surface area (Å²) in [5, 5.41) is 7.20. The van der Waals surface area contributed by atoms with Crippen molar-refractivity contribution in [2.45, 2.75) is 19.9 Å². The Bertz CT molecular complexity index is 789. The van der Waals surface area contributed by atoms with Crippen LogP contribution in [0.2, 0.25) is 0 Å². The van der Waals surface area contributed by atoms with Crippen molar-refractivity contribution in [2.75, 3.05) is 11.9 Å². The van der Waals surface area contributed by atoms with Crippen LogP contribution in [0, 0.1) is 0 Å². The molecule has 3 heterocycles. The van der Waals surface area contributed by atoms with E-state index in [-0.39, 0.29) is 5.56 Å². The normalized spacial score (nSPS) is 10.9. The summed E-state index contributed by atoms with van der Waals surface area (Å²) in [6.45, 7) is 3.35. The van der Waals surface area contributed by atoms with E-state index in [2.05, 4.69) is 27.3 Å². The number of nitrogens with one attached hydrogen (secondary N) is 1. The van der Waals surface area contributed by atoms with Crippen LogP contribution in [0.3, 0.4) is 0 Å². The van der Waals surface area contributed by atoms with E-state index in [9.17, 15) is 4.79 Å². The molecule has 0 aliphatic heterocycles. The molecule has 0 bridgehead atoms. The van der Waals surface area contributed by atoms with Crippen molar-refractivity contribution in [3.63, 3.8) is 0 Å². The van der Waals surface area contributed by atoms with Crippen LogP contribution in [-0.2, 0) is 6.54 Å². The fraction of sp³-hybridized carbons (Fsp3) is 0.286. The van der Waals surface area contributed by atoms with E-state index < -0.39 is 0 Å². The van der Waals surface area contributed by atoms with E-state index in [1.807, 2.05) is 0 Å². The van der Waals surface area contributed by atoms with Gasteiger partial charge in [-0.25, -0.2) is 9.50 Å². The SMILES string of the molecule is CCCNc1cnc(Cn2ccn3nccc3c2=O)cn1. The van der Waals surface area contributed by atoms with Gasteiger partial charge in [-0.05, 0) is 12.5 Å². The van der Waals surface area contributed by atoms with E-state index >= 15 is 0 Å². The van der Waals surface area contributed by atoms with E-state index in [1.165, 1.54) is 0 Å². The number of aromatic nitrogens is 5. The van der Waals surface area contributed by atoms with Gasteiger partial charge >= 0.3 is 0 Å². The lowest BCUT2D eigenvalue weighted by atomic mass is 10.4. The van der Waals surface area contributed by atoms with Gasteiger partial charge in [0, 0.05) is 18.9 Å². The van der Waals surface area contributed by atoms with Gasteiger partial charge in [-0.2, -0.15) is 5.10 Å². The average molecular weight is 284 g/mol. The number of anilines is 1. The number of nitrogens with zero attached hydrogens (tertiary/aromatic N) is 5. The predicted molar refractivity (Wildman–Crippen MR) is 79.4 cm³/mol. The van der Waals surface area contributed by atoms with Crippen molar-refractivity contribution < 1.29 is 0 Å². The van der Waals surface area contributed by atoms with E-state index in [4.69, 9.17) is 0 Å². The molecule has 1 N–H and O–H groups in total. The van der Waals surface area contributed by atoms with Crippen molar-refractivity contribution in [3.8, 4) is 0 Å². The molecule has 0 saturated carbocycles. The number of fused-ring (bicyclic) bond motifs is 1. The van der Waals surface area contributed by atoms with Crippen molar-refractivity contribution in [1.82, 2.24) is 24.1 Å². The Morgan fingerprint density at radius 1 is 1.24 bits per heavy atom. The lowest BCUT2D eigenvalue weighted by Crippen LogP contribution is -2.22. The molecular weight excluding hydrogens is 268 g/mol. The van der Waals surface area contributed by atoms with Gasteiger partial charge in [0.05, 0.1) is 30.8 Å². The smallest absolute Gasteiger partial charge is 0.276 e. The quantitative estimate of drug-likeness (QED) is 0.760. The van der Waals surface area contributed by atoms with Gasteiger partial charge in [-0.1, -0.05) is 6.92 Å². The Morgan fingerprint density at radius 2 is 2.14 bits per heavy atom. The molecule has 3 aromatic heterocycles. The van der Waals surface area contributed by atoms with Gasteiger partial charge in [0.2, 0.25) is 0 Å². The van der Waals surface area contributed by atoms with E-state index in [0.29, 0.717) is 12.1 Å². The Hall–Kier alpha value is -2.70. The molecule has 0 aliphatic carbocycles. The predicted octanol–water partition coefficient (Wildman–Crippen LogP) is 1.16. The summed E-state index contributed by atoms with van der Waals surface area (Å²) in [5.74, 6) is 0.749. The van der Waals surface area contributed by atoms with Crippen molar-refractivity contribution in [1.29, 1.82) is 0 Å². The molecule has 0 fully saturated rings. The van der Waals surface area contributed by atoms with Crippen molar-refractivity contribution >= 4 is 11.3 Å². The fourth-order valence-electron chi connectivity index (χ4n) is 2.04. The minimum Gasteiger partial charge on any atom is -0.369 e. The van der Waals surface area contributed by atoms with Crippen molar-refractivity contribution in [3.05, 3.63) is 53.1 Å². The Labute approximate surface area is 121 Å². The van der Waals surface area contributed by atoms with Crippen LogP contribution < -0.4 is 10.9 Å². The first-order valence-corrected chi connectivity index (χ1v) is 6.85. The first-order valence-electron chi connectivity index (χ1n) is 6.85. The van der Waals surface area contributed by atoms with Gasteiger partial charge in [-0.15, -0.1) is 0 Å². The molecule has 3 rings (SSSR count). The second-order valence-corrected chi connectivity index (χ2v) is 4.71. The summed E-state index contributed by atoms with van der Waals surface area (Å²) in [7, 11) is 0. The third kappa shape index (κ3) is 2.76. The zero-order chi connectivity index (χ0) is 14.7. The second kappa shape index (κ2) is 5.74. The largest absolute Gasteiger partial charge is 0.369 e. The second-order valence-electron chi connectivity index (χ2n) is 4.71. The highest BCUT2D eigenvalue weighted by atomic mass is 16.1. The number of hydrogen-bond donors (Lipinski definition) is 1. The maximum atomic E-state index is 12.2. The minimum atomic E-state index is -0.0926. The zero-order valence-corrected chi connectivity index (χ0v) is 11.7. The minimum absolute atomic E-state index is 0.0926. The van der Waals surface area contributed by atoms with E-state index in [1.54, 1.807) is 46.1 Å². The first kappa shape index (κ1) is 13.3. The van der Waals surface area contributed by atoms with Crippen LogP contribution in [0.25, 0.3) is 5.52 Å². The summed E-state index contributed by atoms with van der Waals surface area (Å²) in [4.78, 5) is 20.9. The van der Waals surface area contributed by atoms with E-state index in [0.717, 1.165) is 24.5 Å². The topological polar surface area (TPSA) is 77.1 Å². The van der Waals surface area contributed by atoms with Gasteiger partial charge < -0.3 is 9.88 Å². The van der Waals surface area contributed by atoms with Gasteiger partial charge in [0.15, 0.2) is 0 Å². The molecule has 7 heteroatoms. The first-order chi connectivity index (χ1) is 10.3. The summed E-state index contributed by atoms with van der Waals surface area (Å²) in [5.41, 5.74) is 1.19. The molecule has 3 aromatic rings. The lowest BCUT2D eigenvalue weighted by molar-refractivity contribution is 0.722. The van der Waals surface area contributed by atoms with Crippen molar-refractivity contribution in [2.24, 2.45) is 0 Å². The Kier molecular flexibility index (Phi) is 3.63. The van der Waals surface area contributed by atoms with Gasteiger partial charge in [0.25, 0.3) is 5.56 Å². The van der Waals surface area contributed by atoms with Crippen LogP contribution in [0.4, 0.5) is 5.82 Å². The summed E-state index contributed by atoms with van der Waals surface area (Å²) < 4.78 is 3.16. The molecule has 21 heavy (non-hydrogen) atoms. The number of rotatable bonds is 5. The average Bonchev–Trinajstić information content (AvgIpc) is 2.99. The summed E-state index contributed by atoms with van der Waals surface area (Å²) in [6.07, 6.45) is 9.46. The highest BCUT2D eigenvalue weighted by Crippen LogP contribution is 2.03. The Morgan fingerprint density at radius 3 is 2.90 bits per heavy atom. The molecule has 0 unspecified atom stereocenters. The standard InChI is InChI=1S/C14H16N6O/c1-2-4-15-13-9-16-11(8-17-13)10-19-6-7-20-12(14(19)21)3-5-18-20/h3,5-9H,2,4,10H2,1H3,(H,15,17). The van der Waals surface area contributed by atoms with Crippen LogP contribution in [0.5, 0.6) is 0 Å². The van der Waals surface area contributed by atoms with Gasteiger partial charge in [-0.3, -0.25) is 9.78 Å². The monoisotopic (exact) mass is 284 g/mol. The molecule has 0 aromatic carbocycles. The maximum Gasteiger partial charge on any atom is 0.276 e. The number of hydrogen-bond acceptors (Lipinski definition) is 5. The fourth-order valence-corrected chi connectivity index (χ4v) is 2.04. The molecule has 0 saturated heterocycles.